The molecular weight excluding hydrogens is 262 g/mol. The van der Waals surface area contributed by atoms with Crippen LogP contribution in [0, 0.1) is 6.92 Å². The van der Waals surface area contributed by atoms with Gasteiger partial charge < -0.3 is 14.8 Å². The Balaban J connectivity index is 2.14. The molecule has 2 aromatic carbocycles. The highest BCUT2D eigenvalue weighted by Crippen LogP contribution is 2.31. The summed E-state index contributed by atoms with van der Waals surface area (Å²) < 4.78 is 11.3. The van der Waals surface area contributed by atoms with Gasteiger partial charge in [-0.3, -0.25) is 0 Å². The monoisotopic (exact) mass is 285 g/mol. The highest BCUT2D eigenvalue weighted by atomic mass is 16.5. The zero-order valence-corrected chi connectivity index (χ0v) is 13.0. The van der Waals surface area contributed by atoms with Crippen LogP contribution in [0.15, 0.2) is 42.5 Å². The van der Waals surface area contributed by atoms with Crippen LogP contribution in [0.25, 0.3) is 0 Å². The Labute approximate surface area is 126 Å². The minimum atomic E-state index is 0.692. The Morgan fingerprint density at radius 2 is 1.90 bits per heavy atom. The molecule has 0 saturated heterocycles. The van der Waals surface area contributed by atoms with E-state index in [4.69, 9.17) is 9.47 Å². The van der Waals surface area contributed by atoms with E-state index >= 15 is 0 Å². The van der Waals surface area contributed by atoms with Crippen LogP contribution in [0.3, 0.4) is 0 Å². The molecule has 0 aliphatic carbocycles. The third kappa shape index (κ3) is 4.15. The van der Waals surface area contributed by atoms with Gasteiger partial charge in [-0.25, -0.2) is 0 Å². The molecule has 0 saturated carbocycles. The van der Waals surface area contributed by atoms with E-state index in [1.807, 2.05) is 12.1 Å². The van der Waals surface area contributed by atoms with Gasteiger partial charge in [-0.05, 0) is 37.1 Å². The predicted molar refractivity (Wildman–Crippen MR) is 87.3 cm³/mol. The van der Waals surface area contributed by atoms with Gasteiger partial charge in [0.2, 0.25) is 0 Å². The lowest BCUT2D eigenvalue weighted by molar-refractivity contribution is 0.291. The maximum atomic E-state index is 5.86. The van der Waals surface area contributed by atoms with Gasteiger partial charge in [0.05, 0.1) is 13.7 Å². The molecule has 0 fully saturated rings. The van der Waals surface area contributed by atoms with Crippen molar-refractivity contribution in [1.29, 1.82) is 0 Å². The van der Waals surface area contributed by atoms with Crippen molar-refractivity contribution in [3.63, 3.8) is 0 Å². The smallest absolute Gasteiger partial charge is 0.166 e. The predicted octanol–water partition coefficient (Wildman–Crippen LogP) is 4.40. The Morgan fingerprint density at radius 1 is 1.10 bits per heavy atom. The molecule has 2 aromatic rings. The molecule has 0 bridgehead atoms. The first-order valence-corrected chi connectivity index (χ1v) is 7.33. The highest BCUT2D eigenvalue weighted by molar-refractivity contribution is 5.50. The molecule has 0 heterocycles. The molecule has 0 atom stereocenters. The van der Waals surface area contributed by atoms with Crippen LogP contribution < -0.4 is 14.8 Å². The molecule has 0 radical (unpaired) electrons. The fourth-order valence-electron chi connectivity index (χ4n) is 2.18. The van der Waals surface area contributed by atoms with Gasteiger partial charge in [-0.2, -0.15) is 0 Å². The Kier molecular flexibility index (Phi) is 5.50. The molecule has 0 aliphatic heterocycles. The summed E-state index contributed by atoms with van der Waals surface area (Å²) in [6, 6.07) is 14.3. The summed E-state index contributed by atoms with van der Waals surface area (Å²) in [6.45, 7) is 5.59. The lowest BCUT2D eigenvalue weighted by Crippen LogP contribution is -2.05. The average Bonchev–Trinajstić information content (AvgIpc) is 2.51. The van der Waals surface area contributed by atoms with Gasteiger partial charge in [0.25, 0.3) is 0 Å². The molecule has 0 aliphatic rings. The molecule has 21 heavy (non-hydrogen) atoms. The molecule has 0 unspecified atom stereocenters. The van der Waals surface area contributed by atoms with Crippen molar-refractivity contribution in [2.75, 3.05) is 19.0 Å². The van der Waals surface area contributed by atoms with Gasteiger partial charge >= 0.3 is 0 Å². The molecular formula is C18H23NO2. The van der Waals surface area contributed by atoms with Gasteiger partial charge in [0.15, 0.2) is 11.5 Å². The van der Waals surface area contributed by atoms with Crippen molar-refractivity contribution in [3.05, 3.63) is 53.6 Å². The second-order valence-corrected chi connectivity index (χ2v) is 5.02. The van der Waals surface area contributed by atoms with E-state index in [2.05, 4.69) is 49.5 Å². The third-order valence-electron chi connectivity index (χ3n) is 3.23. The minimum absolute atomic E-state index is 0.692. The fraction of sp³-hybridized carbons (Fsp3) is 0.333. The first kappa shape index (κ1) is 15.2. The van der Waals surface area contributed by atoms with E-state index < -0.39 is 0 Å². The molecule has 112 valence electrons. The van der Waals surface area contributed by atoms with Gasteiger partial charge in [0, 0.05) is 17.8 Å². The maximum Gasteiger partial charge on any atom is 0.166 e. The van der Waals surface area contributed by atoms with Gasteiger partial charge in [-0.1, -0.05) is 31.2 Å². The second kappa shape index (κ2) is 7.58. The van der Waals surface area contributed by atoms with Crippen LogP contribution >= 0.6 is 0 Å². The third-order valence-corrected chi connectivity index (χ3v) is 3.23. The molecule has 0 aromatic heterocycles. The average molecular weight is 285 g/mol. The highest BCUT2D eigenvalue weighted by Gasteiger charge is 2.10. The lowest BCUT2D eigenvalue weighted by atomic mass is 10.1. The molecule has 1 N–H and O–H groups in total. The fourth-order valence-corrected chi connectivity index (χ4v) is 2.18. The van der Waals surface area contributed by atoms with E-state index in [0.717, 1.165) is 29.2 Å². The topological polar surface area (TPSA) is 30.5 Å². The van der Waals surface area contributed by atoms with Crippen molar-refractivity contribution >= 4 is 5.69 Å². The largest absolute Gasteiger partial charge is 0.493 e. The van der Waals surface area contributed by atoms with Crippen LogP contribution in [-0.2, 0) is 6.54 Å². The molecule has 3 nitrogen and oxygen atoms in total. The Morgan fingerprint density at radius 3 is 2.62 bits per heavy atom. The maximum absolute atomic E-state index is 5.86. The summed E-state index contributed by atoms with van der Waals surface area (Å²) >= 11 is 0. The number of hydrogen-bond donors (Lipinski definition) is 1. The van der Waals surface area contributed by atoms with E-state index in [1.165, 1.54) is 5.56 Å². The molecule has 0 amide bonds. The van der Waals surface area contributed by atoms with E-state index in [9.17, 15) is 0 Å². The van der Waals surface area contributed by atoms with E-state index in [1.54, 1.807) is 7.11 Å². The van der Waals surface area contributed by atoms with Crippen molar-refractivity contribution in [2.24, 2.45) is 0 Å². The number of para-hydroxylation sites is 1. The standard InChI is InChI=1S/C18H23NO2/c1-4-11-21-18-15(8-6-10-17(18)20-3)13-19-16-9-5-7-14(2)12-16/h5-10,12,19H,4,11,13H2,1-3H3. The van der Waals surface area contributed by atoms with Crippen molar-refractivity contribution in [1.82, 2.24) is 0 Å². The summed E-state index contributed by atoms with van der Waals surface area (Å²) in [4.78, 5) is 0. The molecule has 2 rings (SSSR count). The number of nitrogens with one attached hydrogen (secondary N) is 1. The van der Waals surface area contributed by atoms with Crippen LogP contribution in [0.1, 0.15) is 24.5 Å². The van der Waals surface area contributed by atoms with Gasteiger partial charge in [0.1, 0.15) is 0 Å². The number of benzene rings is 2. The van der Waals surface area contributed by atoms with Crippen LogP contribution in [0.5, 0.6) is 11.5 Å². The minimum Gasteiger partial charge on any atom is -0.493 e. The van der Waals surface area contributed by atoms with Crippen molar-refractivity contribution < 1.29 is 9.47 Å². The first-order chi connectivity index (χ1) is 10.2. The van der Waals surface area contributed by atoms with E-state index in [-0.39, 0.29) is 0 Å². The van der Waals surface area contributed by atoms with Crippen LogP contribution in [0.2, 0.25) is 0 Å². The van der Waals surface area contributed by atoms with Crippen LogP contribution in [-0.4, -0.2) is 13.7 Å². The molecule has 0 spiro atoms. The number of rotatable bonds is 7. The number of ether oxygens (including phenoxy) is 2. The summed E-state index contributed by atoms with van der Waals surface area (Å²) in [6.07, 6.45) is 0.975. The van der Waals surface area contributed by atoms with Crippen LogP contribution in [0.4, 0.5) is 5.69 Å². The normalized spacial score (nSPS) is 10.2. The number of anilines is 1. The number of hydrogen-bond acceptors (Lipinski definition) is 3. The van der Waals surface area contributed by atoms with Crippen molar-refractivity contribution in [3.8, 4) is 11.5 Å². The quantitative estimate of drug-likeness (QED) is 0.817. The second-order valence-electron chi connectivity index (χ2n) is 5.02. The number of aryl methyl sites for hydroxylation is 1. The van der Waals surface area contributed by atoms with Gasteiger partial charge in [-0.15, -0.1) is 0 Å². The van der Waals surface area contributed by atoms with E-state index in [0.29, 0.717) is 13.2 Å². The lowest BCUT2D eigenvalue weighted by Gasteiger charge is -2.15. The Hall–Kier alpha value is -2.16. The summed E-state index contributed by atoms with van der Waals surface area (Å²) in [5.41, 5.74) is 3.46. The molecule has 3 heteroatoms. The summed E-state index contributed by atoms with van der Waals surface area (Å²) in [7, 11) is 1.67. The van der Waals surface area contributed by atoms with Crippen molar-refractivity contribution in [2.45, 2.75) is 26.8 Å². The zero-order valence-electron chi connectivity index (χ0n) is 13.0. The summed E-state index contributed by atoms with van der Waals surface area (Å²) in [5, 5.41) is 3.43. The number of methoxy groups -OCH3 is 1. The SMILES string of the molecule is CCCOc1c(CNc2cccc(C)c2)cccc1OC. The zero-order chi connectivity index (χ0) is 15.1. The summed E-state index contributed by atoms with van der Waals surface area (Å²) in [5.74, 6) is 1.62. The Bertz CT molecular complexity index is 581. The first-order valence-electron chi connectivity index (χ1n) is 7.33.